The van der Waals surface area contributed by atoms with E-state index in [9.17, 15) is 4.79 Å². The summed E-state index contributed by atoms with van der Waals surface area (Å²) in [4.78, 5) is 14.7. The van der Waals surface area contributed by atoms with Crippen LogP contribution < -0.4 is 10.1 Å². The quantitative estimate of drug-likeness (QED) is 0.823. The number of nitrogens with one attached hydrogen (secondary N) is 1. The van der Waals surface area contributed by atoms with Crippen molar-refractivity contribution in [2.45, 2.75) is 58.3 Å². The molecule has 1 heterocycles. The van der Waals surface area contributed by atoms with Gasteiger partial charge in [-0.3, -0.25) is 9.69 Å². The molecule has 1 fully saturated rings. The molecular formula is C20H32N2O3. The molecular weight excluding hydrogens is 316 g/mol. The van der Waals surface area contributed by atoms with Gasteiger partial charge >= 0.3 is 0 Å². The third-order valence-electron chi connectivity index (χ3n) is 4.81. The molecule has 25 heavy (non-hydrogen) atoms. The highest BCUT2D eigenvalue weighted by Crippen LogP contribution is 2.21. The van der Waals surface area contributed by atoms with E-state index >= 15 is 0 Å². The minimum atomic E-state index is -0.0909. The van der Waals surface area contributed by atoms with Crippen molar-refractivity contribution in [3.63, 3.8) is 0 Å². The zero-order chi connectivity index (χ0) is 18.4. The normalized spacial score (nSPS) is 21.8. The van der Waals surface area contributed by atoms with Crippen LogP contribution in [0.3, 0.4) is 0 Å². The fraction of sp³-hybridized carbons (Fsp3) is 0.650. The molecule has 0 saturated carbocycles. The molecule has 1 saturated heterocycles. The molecule has 1 aliphatic heterocycles. The Balaban J connectivity index is 1.82. The predicted octanol–water partition coefficient (Wildman–Crippen LogP) is 2.63. The highest BCUT2D eigenvalue weighted by atomic mass is 16.5. The maximum atomic E-state index is 12.3. The zero-order valence-corrected chi connectivity index (χ0v) is 16.2. The van der Waals surface area contributed by atoms with Gasteiger partial charge in [0.15, 0.2) is 0 Å². The Labute approximate surface area is 151 Å². The minimum absolute atomic E-state index is 0.0772. The third kappa shape index (κ3) is 5.72. The van der Waals surface area contributed by atoms with E-state index < -0.39 is 0 Å². The van der Waals surface area contributed by atoms with E-state index in [-0.39, 0.29) is 23.7 Å². The molecule has 1 N–H and O–H groups in total. The molecule has 140 valence electrons. The van der Waals surface area contributed by atoms with Crippen molar-refractivity contribution in [3.8, 4) is 5.75 Å². The molecule has 1 aromatic rings. The molecule has 0 aromatic heterocycles. The van der Waals surface area contributed by atoms with Gasteiger partial charge in [0.2, 0.25) is 5.91 Å². The summed E-state index contributed by atoms with van der Waals surface area (Å²) in [6.45, 7) is 11.0. The van der Waals surface area contributed by atoms with Crippen molar-refractivity contribution >= 4 is 5.91 Å². The number of hydrogen-bond acceptors (Lipinski definition) is 4. The fourth-order valence-electron chi connectivity index (χ4n) is 3.34. The second-order valence-corrected chi connectivity index (χ2v) is 7.56. The average molecular weight is 348 g/mol. The molecule has 0 radical (unpaired) electrons. The Morgan fingerprint density at radius 2 is 1.92 bits per heavy atom. The summed E-state index contributed by atoms with van der Waals surface area (Å²) in [5.74, 6) is 0.917. The van der Waals surface area contributed by atoms with Crippen molar-refractivity contribution in [1.82, 2.24) is 10.2 Å². The van der Waals surface area contributed by atoms with Gasteiger partial charge in [0.1, 0.15) is 5.75 Å². The summed E-state index contributed by atoms with van der Waals surface area (Å²) < 4.78 is 11.1. The van der Waals surface area contributed by atoms with E-state index in [0.29, 0.717) is 19.4 Å². The second kappa shape index (κ2) is 8.68. The number of carbonyl (C=O) groups excluding carboxylic acids is 1. The van der Waals surface area contributed by atoms with E-state index in [0.717, 1.165) is 24.4 Å². The van der Waals surface area contributed by atoms with Crippen molar-refractivity contribution in [2.75, 3.05) is 26.7 Å². The maximum Gasteiger partial charge on any atom is 0.220 e. The van der Waals surface area contributed by atoms with Gasteiger partial charge in [0.25, 0.3) is 0 Å². The van der Waals surface area contributed by atoms with Crippen LogP contribution >= 0.6 is 0 Å². The zero-order valence-electron chi connectivity index (χ0n) is 16.2. The number of amides is 1. The van der Waals surface area contributed by atoms with Crippen molar-refractivity contribution in [3.05, 3.63) is 29.8 Å². The van der Waals surface area contributed by atoms with Crippen LogP contribution in [-0.2, 0) is 16.0 Å². The van der Waals surface area contributed by atoms with Crippen LogP contribution in [0, 0.1) is 0 Å². The Kier molecular flexibility index (Phi) is 6.85. The minimum Gasteiger partial charge on any atom is -0.496 e. The van der Waals surface area contributed by atoms with Gasteiger partial charge in [-0.25, -0.2) is 0 Å². The number of para-hydroxylation sites is 1. The molecule has 2 rings (SSSR count). The number of rotatable bonds is 7. The first-order chi connectivity index (χ1) is 11.8. The molecule has 0 spiro atoms. The first-order valence-corrected chi connectivity index (χ1v) is 9.11. The first-order valence-electron chi connectivity index (χ1n) is 9.11. The first kappa shape index (κ1) is 19.7. The largest absolute Gasteiger partial charge is 0.496 e. The van der Waals surface area contributed by atoms with Crippen molar-refractivity contribution < 1.29 is 14.3 Å². The SMILES string of the molecule is COc1ccccc1CCC(=O)NCC(C)(C)N1C[C@H](C)O[C@@H](C)C1. The molecule has 5 heteroatoms. The van der Waals surface area contributed by atoms with Crippen LogP contribution in [0.15, 0.2) is 24.3 Å². The molecule has 0 aliphatic carbocycles. The summed E-state index contributed by atoms with van der Waals surface area (Å²) in [6.07, 6.45) is 1.60. The van der Waals surface area contributed by atoms with Crippen LogP contribution in [0.4, 0.5) is 0 Å². The molecule has 1 aromatic carbocycles. The van der Waals surface area contributed by atoms with E-state index in [2.05, 4.69) is 37.9 Å². The number of ether oxygens (including phenoxy) is 2. The van der Waals surface area contributed by atoms with Gasteiger partial charge in [-0.2, -0.15) is 0 Å². The maximum absolute atomic E-state index is 12.3. The number of morpholine rings is 1. The fourth-order valence-corrected chi connectivity index (χ4v) is 3.34. The third-order valence-corrected chi connectivity index (χ3v) is 4.81. The Bertz CT molecular complexity index is 564. The summed E-state index contributed by atoms with van der Waals surface area (Å²) in [5.41, 5.74) is 0.974. The van der Waals surface area contributed by atoms with E-state index in [4.69, 9.17) is 9.47 Å². The lowest BCUT2D eigenvalue weighted by Gasteiger charge is -2.45. The van der Waals surface area contributed by atoms with Crippen molar-refractivity contribution in [2.24, 2.45) is 0 Å². The highest BCUT2D eigenvalue weighted by Gasteiger charge is 2.33. The number of benzene rings is 1. The van der Waals surface area contributed by atoms with Crippen LogP contribution in [0.2, 0.25) is 0 Å². The van der Waals surface area contributed by atoms with Crippen LogP contribution in [0.5, 0.6) is 5.75 Å². The Morgan fingerprint density at radius 3 is 2.56 bits per heavy atom. The van der Waals surface area contributed by atoms with E-state index in [1.807, 2.05) is 24.3 Å². The van der Waals surface area contributed by atoms with Crippen LogP contribution in [-0.4, -0.2) is 55.3 Å². The van der Waals surface area contributed by atoms with Crippen molar-refractivity contribution in [1.29, 1.82) is 0 Å². The van der Waals surface area contributed by atoms with E-state index in [1.54, 1.807) is 7.11 Å². The van der Waals surface area contributed by atoms with Gasteiger partial charge in [-0.05, 0) is 45.7 Å². The number of methoxy groups -OCH3 is 1. The smallest absolute Gasteiger partial charge is 0.220 e. The average Bonchev–Trinajstić information content (AvgIpc) is 2.57. The lowest BCUT2D eigenvalue weighted by molar-refractivity contribution is -0.122. The highest BCUT2D eigenvalue weighted by molar-refractivity contribution is 5.76. The van der Waals surface area contributed by atoms with Gasteiger partial charge in [-0.15, -0.1) is 0 Å². The number of aryl methyl sites for hydroxylation is 1. The van der Waals surface area contributed by atoms with Crippen LogP contribution in [0.1, 0.15) is 39.7 Å². The number of nitrogens with zero attached hydrogens (tertiary/aromatic N) is 1. The van der Waals surface area contributed by atoms with E-state index in [1.165, 1.54) is 0 Å². The molecule has 1 aliphatic rings. The standard InChI is InChI=1S/C20H32N2O3/c1-15-12-22(13-16(2)25-15)20(3,4)14-21-19(23)11-10-17-8-6-7-9-18(17)24-5/h6-9,15-16H,10-14H2,1-5H3,(H,21,23)/t15-,16-/m0/s1. The van der Waals surface area contributed by atoms with Gasteiger partial charge in [0, 0.05) is 31.6 Å². The lowest BCUT2D eigenvalue weighted by atomic mass is 10.00. The summed E-state index contributed by atoms with van der Waals surface area (Å²) in [5, 5.41) is 3.10. The number of carbonyl (C=O) groups is 1. The lowest BCUT2D eigenvalue weighted by Crippen LogP contribution is -2.58. The number of hydrogen-bond donors (Lipinski definition) is 1. The van der Waals surface area contributed by atoms with Gasteiger partial charge in [-0.1, -0.05) is 18.2 Å². The molecule has 1 amide bonds. The topological polar surface area (TPSA) is 50.8 Å². The molecule has 2 atom stereocenters. The summed E-state index contributed by atoms with van der Waals surface area (Å²) >= 11 is 0. The molecule has 5 nitrogen and oxygen atoms in total. The van der Waals surface area contributed by atoms with Crippen LogP contribution in [0.25, 0.3) is 0 Å². The monoisotopic (exact) mass is 348 g/mol. The second-order valence-electron chi connectivity index (χ2n) is 7.56. The molecule has 0 unspecified atom stereocenters. The summed E-state index contributed by atoms with van der Waals surface area (Å²) in [7, 11) is 1.66. The van der Waals surface area contributed by atoms with Gasteiger partial charge in [0.05, 0.1) is 19.3 Å². The predicted molar refractivity (Wildman–Crippen MR) is 100.0 cm³/mol. The Hall–Kier alpha value is -1.59. The van der Waals surface area contributed by atoms with Gasteiger partial charge < -0.3 is 14.8 Å². The molecule has 0 bridgehead atoms. The summed E-state index contributed by atoms with van der Waals surface area (Å²) in [6, 6.07) is 7.85. The Morgan fingerprint density at radius 1 is 1.28 bits per heavy atom.